The fraction of sp³-hybridized carbons (Fsp3) is 0.200. The van der Waals surface area contributed by atoms with E-state index >= 15 is 0 Å². The predicted octanol–water partition coefficient (Wildman–Crippen LogP) is 6.43. The molecule has 0 saturated heterocycles. The van der Waals surface area contributed by atoms with Gasteiger partial charge >= 0.3 is 0 Å². The van der Waals surface area contributed by atoms with Crippen LogP contribution in [-0.2, 0) is 0 Å². The summed E-state index contributed by atoms with van der Waals surface area (Å²) in [5, 5.41) is 18.6. The second kappa shape index (κ2) is 9.34. The Morgan fingerprint density at radius 3 is 2.18 bits per heavy atom. The number of hydrogen-bond donors (Lipinski definition) is 2. The van der Waals surface area contributed by atoms with Crippen LogP contribution in [0.4, 0.5) is 4.39 Å². The van der Waals surface area contributed by atoms with Gasteiger partial charge in [0.25, 0.3) is 0 Å². The van der Waals surface area contributed by atoms with Crippen LogP contribution in [0.3, 0.4) is 0 Å². The second-order valence-electron chi connectivity index (χ2n) is 7.05. The van der Waals surface area contributed by atoms with E-state index in [9.17, 15) is 14.6 Å². The highest BCUT2D eigenvalue weighted by Gasteiger charge is 2.07. The highest BCUT2D eigenvalue weighted by Crippen LogP contribution is 2.29. The van der Waals surface area contributed by atoms with E-state index in [1.54, 1.807) is 37.3 Å². The van der Waals surface area contributed by atoms with Crippen molar-refractivity contribution >= 4 is 6.08 Å². The molecule has 28 heavy (non-hydrogen) atoms. The van der Waals surface area contributed by atoms with E-state index in [1.807, 2.05) is 30.3 Å². The molecule has 0 aliphatic heterocycles. The van der Waals surface area contributed by atoms with E-state index in [4.69, 9.17) is 0 Å². The Hall–Kier alpha value is -2.91. The first-order valence-electron chi connectivity index (χ1n) is 9.57. The summed E-state index contributed by atoms with van der Waals surface area (Å²) in [7, 11) is 0. The van der Waals surface area contributed by atoms with Crippen LogP contribution in [0.2, 0.25) is 0 Å². The molecule has 144 valence electrons. The summed E-state index contributed by atoms with van der Waals surface area (Å²) in [4.78, 5) is 0. The van der Waals surface area contributed by atoms with Crippen molar-refractivity contribution in [3.8, 4) is 28.0 Å². The zero-order valence-electron chi connectivity index (χ0n) is 16.0. The van der Waals surface area contributed by atoms with E-state index in [0.29, 0.717) is 5.56 Å². The zero-order valence-corrected chi connectivity index (χ0v) is 16.0. The topological polar surface area (TPSA) is 40.5 Å². The third-order valence-corrected chi connectivity index (χ3v) is 4.69. The van der Waals surface area contributed by atoms with Gasteiger partial charge in [-0.25, -0.2) is 4.39 Å². The molecule has 0 fully saturated rings. The number of allylic oxidation sites excluding steroid dienone is 1. The molecular weight excluding hydrogens is 351 g/mol. The molecule has 1 atom stereocenters. The Kier molecular flexibility index (Phi) is 6.62. The first-order chi connectivity index (χ1) is 13.5. The van der Waals surface area contributed by atoms with Crippen LogP contribution in [0.25, 0.3) is 28.3 Å². The van der Waals surface area contributed by atoms with Crippen molar-refractivity contribution in [3.63, 3.8) is 0 Å². The molecule has 0 amide bonds. The molecular formula is C25H25FO2. The summed E-state index contributed by atoms with van der Waals surface area (Å²) in [6, 6.07) is 19.7. The standard InChI is InChI=1S/C25H25FO2/c1-18(27)5-3-2-4-6-19-7-9-21(10-8-19)24-16-13-22(17-25(24)26)20-11-14-23(28)15-12-20/h4,6-18,27-28H,2-3,5H2,1H3/b6-4+. The Labute approximate surface area is 165 Å². The van der Waals surface area contributed by atoms with Crippen molar-refractivity contribution in [2.45, 2.75) is 32.3 Å². The van der Waals surface area contributed by atoms with Crippen LogP contribution in [-0.4, -0.2) is 16.3 Å². The molecule has 1 unspecified atom stereocenters. The SMILES string of the molecule is CC(O)CCC/C=C/c1ccc(-c2ccc(-c3ccc(O)cc3)cc2F)cc1. The van der Waals surface area contributed by atoms with E-state index in [0.717, 1.165) is 41.5 Å². The molecule has 0 spiro atoms. The number of unbranched alkanes of at least 4 members (excludes halogenated alkanes) is 1. The molecule has 0 radical (unpaired) electrons. The molecule has 2 nitrogen and oxygen atoms in total. The molecule has 0 aromatic heterocycles. The number of aliphatic hydroxyl groups is 1. The van der Waals surface area contributed by atoms with E-state index < -0.39 is 0 Å². The molecule has 3 aromatic carbocycles. The minimum Gasteiger partial charge on any atom is -0.508 e. The molecule has 0 saturated carbocycles. The number of phenols is 1. The molecule has 0 aliphatic rings. The monoisotopic (exact) mass is 376 g/mol. The van der Waals surface area contributed by atoms with Gasteiger partial charge in [-0.1, -0.05) is 60.7 Å². The van der Waals surface area contributed by atoms with Gasteiger partial charge < -0.3 is 10.2 Å². The first-order valence-corrected chi connectivity index (χ1v) is 9.57. The van der Waals surface area contributed by atoms with Gasteiger partial charge in [-0.2, -0.15) is 0 Å². The van der Waals surface area contributed by atoms with Crippen molar-refractivity contribution in [3.05, 3.63) is 84.2 Å². The maximum atomic E-state index is 14.7. The van der Waals surface area contributed by atoms with Crippen molar-refractivity contribution < 1.29 is 14.6 Å². The van der Waals surface area contributed by atoms with Crippen LogP contribution in [0, 0.1) is 5.82 Å². The van der Waals surface area contributed by atoms with Gasteiger partial charge in [-0.05, 0) is 66.6 Å². The normalized spacial score (nSPS) is 12.4. The Morgan fingerprint density at radius 1 is 0.893 bits per heavy atom. The molecule has 0 bridgehead atoms. The highest BCUT2D eigenvalue weighted by molar-refractivity contribution is 5.72. The maximum Gasteiger partial charge on any atom is 0.131 e. The van der Waals surface area contributed by atoms with Crippen LogP contribution >= 0.6 is 0 Å². The van der Waals surface area contributed by atoms with Crippen LogP contribution in [0.15, 0.2) is 72.8 Å². The molecule has 0 aliphatic carbocycles. The average Bonchev–Trinajstić information content (AvgIpc) is 2.69. The second-order valence-corrected chi connectivity index (χ2v) is 7.05. The fourth-order valence-electron chi connectivity index (χ4n) is 3.11. The Bertz CT molecular complexity index is 926. The van der Waals surface area contributed by atoms with Gasteiger partial charge in [0.15, 0.2) is 0 Å². The van der Waals surface area contributed by atoms with Crippen molar-refractivity contribution in [2.24, 2.45) is 0 Å². The van der Waals surface area contributed by atoms with E-state index in [-0.39, 0.29) is 17.7 Å². The largest absolute Gasteiger partial charge is 0.508 e. The number of aliphatic hydroxyl groups excluding tert-OH is 1. The van der Waals surface area contributed by atoms with Gasteiger partial charge in [0.05, 0.1) is 6.10 Å². The van der Waals surface area contributed by atoms with Gasteiger partial charge in [0.2, 0.25) is 0 Å². The lowest BCUT2D eigenvalue weighted by Gasteiger charge is -2.08. The summed E-state index contributed by atoms with van der Waals surface area (Å²) < 4.78 is 14.7. The molecule has 3 rings (SSSR count). The number of phenolic OH excluding ortho intramolecular Hbond substituents is 1. The third-order valence-electron chi connectivity index (χ3n) is 4.69. The smallest absolute Gasteiger partial charge is 0.131 e. The van der Waals surface area contributed by atoms with Crippen LogP contribution in [0.5, 0.6) is 5.75 Å². The van der Waals surface area contributed by atoms with Crippen molar-refractivity contribution in [1.29, 1.82) is 0 Å². The quantitative estimate of drug-likeness (QED) is 0.467. The predicted molar refractivity (Wildman–Crippen MR) is 114 cm³/mol. The Balaban J connectivity index is 1.69. The van der Waals surface area contributed by atoms with E-state index in [1.165, 1.54) is 6.07 Å². The lowest BCUT2D eigenvalue weighted by atomic mass is 9.98. The van der Waals surface area contributed by atoms with Crippen LogP contribution in [0.1, 0.15) is 31.7 Å². The molecule has 2 N–H and O–H groups in total. The van der Waals surface area contributed by atoms with Gasteiger partial charge in [0.1, 0.15) is 11.6 Å². The molecule has 0 heterocycles. The first kappa shape index (κ1) is 19.8. The van der Waals surface area contributed by atoms with Crippen molar-refractivity contribution in [2.75, 3.05) is 0 Å². The average molecular weight is 376 g/mol. The Morgan fingerprint density at radius 2 is 1.54 bits per heavy atom. The van der Waals surface area contributed by atoms with Gasteiger partial charge in [-0.15, -0.1) is 0 Å². The summed E-state index contributed by atoms with van der Waals surface area (Å²) in [5.74, 6) is -0.0788. The molecule has 3 aromatic rings. The lowest BCUT2D eigenvalue weighted by molar-refractivity contribution is 0.182. The number of rotatable bonds is 7. The summed E-state index contributed by atoms with van der Waals surface area (Å²) in [6.07, 6.45) is 6.61. The summed E-state index contributed by atoms with van der Waals surface area (Å²) in [6.45, 7) is 1.80. The number of aromatic hydroxyl groups is 1. The minimum absolute atomic E-state index is 0.193. The van der Waals surface area contributed by atoms with Crippen LogP contribution < -0.4 is 0 Å². The third kappa shape index (κ3) is 5.30. The zero-order chi connectivity index (χ0) is 19.9. The van der Waals surface area contributed by atoms with Crippen molar-refractivity contribution in [1.82, 2.24) is 0 Å². The molecule has 3 heteroatoms. The van der Waals surface area contributed by atoms with Gasteiger partial charge in [0, 0.05) is 5.56 Å². The number of hydrogen-bond acceptors (Lipinski definition) is 2. The number of benzene rings is 3. The summed E-state index contributed by atoms with van der Waals surface area (Å²) >= 11 is 0. The van der Waals surface area contributed by atoms with Gasteiger partial charge in [-0.3, -0.25) is 0 Å². The summed E-state index contributed by atoms with van der Waals surface area (Å²) in [5.41, 5.74) is 4.11. The maximum absolute atomic E-state index is 14.7. The fourth-order valence-corrected chi connectivity index (χ4v) is 3.11. The minimum atomic E-state index is -0.271. The number of halogens is 1. The van der Waals surface area contributed by atoms with E-state index in [2.05, 4.69) is 12.2 Å². The lowest BCUT2D eigenvalue weighted by Crippen LogP contribution is -1.97. The highest BCUT2D eigenvalue weighted by atomic mass is 19.1.